The largest absolute Gasteiger partial charge is 0.478 e. The standard InChI is InChI=1S/C12H20N4O/c1-2-17-12-7-11(14-9-15-12)16-6-4-3-5-10(16)8-13/h7,9-10H,2-6,8,13H2,1H3. The van der Waals surface area contributed by atoms with Gasteiger partial charge in [-0.3, -0.25) is 0 Å². The van der Waals surface area contributed by atoms with E-state index < -0.39 is 0 Å². The molecule has 1 aromatic heterocycles. The summed E-state index contributed by atoms with van der Waals surface area (Å²) in [5.74, 6) is 1.57. The third kappa shape index (κ3) is 2.85. The van der Waals surface area contributed by atoms with Gasteiger partial charge in [0.1, 0.15) is 12.1 Å². The number of piperidine rings is 1. The van der Waals surface area contributed by atoms with Crippen molar-refractivity contribution in [3.05, 3.63) is 12.4 Å². The van der Waals surface area contributed by atoms with Crippen molar-refractivity contribution < 1.29 is 4.74 Å². The molecule has 1 saturated heterocycles. The maximum atomic E-state index is 5.81. The van der Waals surface area contributed by atoms with E-state index in [0.717, 1.165) is 18.8 Å². The average Bonchev–Trinajstić information content (AvgIpc) is 2.39. The van der Waals surface area contributed by atoms with Gasteiger partial charge in [0.25, 0.3) is 0 Å². The summed E-state index contributed by atoms with van der Waals surface area (Å²) in [5, 5.41) is 0. The molecule has 0 radical (unpaired) electrons. The number of nitrogens with two attached hydrogens (primary N) is 1. The summed E-state index contributed by atoms with van der Waals surface area (Å²) in [4.78, 5) is 10.7. The van der Waals surface area contributed by atoms with Crippen LogP contribution in [0.3, 0.4) is 0 Å². The Kier molecular flexibility index (Phi) is 4.14. The predicted octanol–water partition coefficient (Wildman–Crippen LogP) is 1.19. The van der Waals surface area contributed by atoms with E-state index in [1.54, 1.807) is 6.33 Å². The molecule has 1 aliphatic heterocycles. The molecule has 0 saturated carbocycles. The number of hydrogen-bond acceptors (Lipinski definition) is 5. The lowest BCUT2D eigenvalue weighted by atomic mass is 10.0. The molecule has 1 aliphatic rings. The van der Waals surface area contributed by atoms with Gasteiger partial charge in [-0.15, -0.1) is 0 Å². The first kappa shape index (κ1) is 12.1. The second-order valence-corrected chi connectivity index (χ2v) is 4.23. The van der Waals surface area contributed by atoms with Gasteiger partial charge in [-0.2, -0.15) is 0 Å². The van der Waals surface area contributed by atoms with Crippen LogP contribution in [0, 0.1) is 0 Å². The quantitative estimate of drug-likeness (QED) is 0.850. The predicted molar refractivity (Wildman–Crippen MR) is 67.2 cm³/mol. The molecule has 1 aromatic rings. The number of aromatic nitrogens is 2. The van der Waals surface area contributed by atoms with E-state index in [-0.39, 0.29) is 0 Å². The van der Waals surface area contributed by atoms with Gasteiger partial charge in [0.15, 0.2) is 0 Å². The minimum absolute atomic E-state index is 0.396. The smallest absolute Gasteiger partial charge is 0.218 e. The zero-order valence-electron chi connectivity index (χ0n) is 10.3. The molecule has 2 heterocycles. The molecule has 2 rings (SSSR count). The number of ether oxygens (including phenoxy) is 1. The minimum Gasteiger partial charge on any atom is -0.478 e. The van der Waals surface area contributed by atoms with Crippen LogP contribution in [0.1, 0.15) is 26.2 Å². The van der Waals surface area contributed by atoms with E-state index in [2.05, 4.69) is 14.9 Å². The molecule has 5 heteroatoms. The Morgan fingerprint density at radius 2 is 2.35 bits per heavy atom. The Morgan fingerprint density at radius 3 is 3.12 bits per heavy atom. The average molecular weight is 236 g/mol. The molecule has 2 N–H and O–H groups in total. The van der Waals surface area contributed by atoms with Gasteiger partial charge in [-0.1, -0.05) is 0 Å². The summed E-state index contributed by atoms with van der Waals surface area (Å²) in [6.07, 6.45) is 5.15. The Labute approximate surface area is 102 Å². The van der Waals surface area contributed by atoms with Crippen LogP contribution >= 0.6 is 0 Å². The van der Waals surface area contributed by atoms with Gasteiger partial charge in [0.05, 0.1) is 6.61 Å². The molecule has 0 aromatic carbocycles. The second kappa shape index (κ2) is 5.82. The SMILES string of the molecule is CCOc1cc(N2CCCCC2CN)ncn1. The first-order valence-electron chi connectivity index (χ1n) is 6.26. The normalized spacial score (nSPS) is 20.4. The third-order valence-electron chi connectivity index (χ3n) is 3.11. The van der Waals surface area contributed by atoms with E-state index in [0.29, 0.717) is 25.1 Å². The van der Waals surface area contributed by atoms with Crippen LogP contribution in [-0.2, 0) is 0 Å². The van der Waals surface area contributed by atoms with Crippen molar-refractivity contribution in [1.29, 1.82) is 0 Å². The summed E-state index contributed by atoms with van der Waals surface area (Å²) in [7, 11) is 0. The number of anilines is 1. The van der Waals surface area contributed by atoms with Gasteiger partial charge in [-0.25, -0.2) is 9.97 Å². The van der Waals surface area contributed by atoms with Crippen LogP contribution in [0.2, 0.25) is 0 Å². The monoisotopic (exact) mass is 236 g/mol. The maximum Gasteiger partial charge on any atom is 0.218 e. The van der Waals surface area contributed by atoms with E-state index >= 15 is 0 Å². The molecule has 94 valence electrons. The van der Waals surface area contributed by atoms with E-state index in [9.17, 15) is 0 Å². The lowest BCUT2D eigenvalue weighted by molar-refractivity contribution is 0.326. The molecule has 0 spiro atoms. The van der Waals surface area contributed by atoms with Gasteiger partial charge >= 0.3 is 0 Å². The van der Waals surface area contributed by atoms with Crippen LogP contribution in [0.15, 0.2) is 12.4 Å². The van der Waals surface area contributed by atoms with Crippen molar-refractivity contribution in [2.45, 2.75) is 32.2 Å². The highest BCUT2D eigenvalue weighted by Gasteiger charge is 2.22. The summed E-state index contributed by atoms with van der Waals surface area (Å²) in [5.41, 5.74) is 5.81. The summed E-state index contributed by atoms with van der Waals surface area (Å²) >= 11 is 0. The zero-order valence-corrected chi connectivity index (χ0v) is 10.3. The fraction of sp³-hybridized carbons (Fsp3) is 0.667. The molecular formula is C12H20N4O. The lowest BCUT2D eigenvalue weighted by Gasteiger charge is -2.35. The lowest BCUT2D eigenvalue weighted by Crippen LogP contribution is -2.44. The molecular weight excluding hydrogens is 216 g/mol. The van der Waals surface area contributed by atoms with E-state index in [1.807, 2.05) is 13.0 Å². The first-order chi connectivity index (χ1) is 8.35. The highest BCUT2D eigenvalue weighted by Crippen LogP contribution is 2.24. The van der Waals surface area contributed by atoms with Crippen LogP contribution in [0.4, 0.5) is 5.82 Å². The van der Waals surface area contributed by atoms with E-state index in [4.69, 9.17) is 10.5 Å². The third-order valence-corrected chi connectivity index (χ3v) is 3.11. The highest BCUT2D eigenvalue weighted by atomic mass is 16.5. The van der Waals surface area contributed by atoms with Gasteiger partial charge in [-0.05, 0) is 26.2 Å². The zero-order chi connectivity index (χ0) is 12.1. The molecule has 17 heavy (non-hydrogen) atoms. The molecule has 5 nitrogen and oxygen atoms in total. The minimum atomic E-state index is 0.396. The molecule has 1 fully saturated rings. The van der Waals surface area contributed by atoms with Crippen LogP contribution in [-0.4, -0.2) is 35.7 Å². The number of hydrogen-bond donors (Lipinski definition) is 1. The summed E-state index contributed by atoms with van der Waals surface area (Å²) in [6, 6.07) is 2.30. The van der Waals surface area contributed by atoms with E-state index in [1.165, 1.54) is 12.8 Å². The molecule has 0 bridgehead atoms. The van der Waals surface area contributed by atoms with Crippen LogP contribution in [0.25, 0.3) is 0 Å². The summed E-state index contributed by atoms with van der Waals surface area (Å²) < 4.78 is 5.40. The van der Waals surface area contributed by atoms with Crippen molar-refractivity contribution in [1.82, 2.24) is 9.97 Å². The number of nitrogens with zero attached hydrogens (tertiary/aromatic N) is 3. The fourth-order valence-electron chi connectivity index (χ4n) is 2.26. The van der Waals surface area contributed by atoms with Gasteiger partial charge in [0, 0.05) is 25.2 Å². The van der Waals surface area contributed by atoms with Crippen molar-refractivity contribution in [3.63, 3.8) is 0 Å². The van der Waals surface area contributed by atoms with Crippen molar-refractivity contribution >= 4 is 5.82 Å². The first-order valence-corrected chi connectivity index (χ1v) is 6.26. The maximum absolute atomic E-state index is 5.81. The molecule has 0 aliphatic carbocycles. The topological polar surface area (TPSA) is 64.3 Å². The molecule has 1 unspecified atom stereocenters. The van der Waals surface area contributed by atoms with Crippen molar-refractivity contribution in [2.24, 2.45) is 5.73 Å². The van der Waals surface area contributed by atoms with Crippen molar-refractivity contribution in [2.75, 3.05) is 24.6 Å². The number of rotatable bonds is 4. The Balaban J connectivity index is 2.16. The van der Waals surface area contributed by atoms with Gasteiger partial charge < -0.3 is 15.4 Å². The molecule has 0 amide bonds. The Morgan fingerprint density at radius 1 is 1.47 bits per heavy atom. The Hall–Kier alpha value is -1.36. The molecule has 1 atom stereocenters. The van der Waals surface area contributed by atoms with Crippen molar-refractivity contribution in [3.8, 4) is 5.88 Å². The highest BCUT2D eigenvalue weighted by molar-refractivity contribution is 5.42. The fourth-order valence-corrected chi connectivity index (χ4v) is 2.26. The Bertz CT molecular complexity index is 358. The van der Waals surface area contributed by atoms with Crippen LogP contribution < -0.4 is 15.4 Å². The summed E-state index contributed by atoms with van der Waals surface area (Å²) in [6.45, 7) is 4.26. The van der Waals surface area contributed by atoms with Gasteiger partial charge in [0.2, 0.25) is 5.88 Å². The second-order valence-electron chi connectivity index (χ2n) is 4.23. The van der Waals surface area contributed by atoms with Crippen LogP contribution in [0.5, 0.6) is 5.88 Å².